The number of hydrogen-bond donors (Lipinski definition) is 0. The van der Waals surface area contributed by atoms with E-state index in [1.165, 1.54) is 18.7 Å². The smallest absolute Gasteiger partial charge is 0.151 e. The van der Waals surface area contributed by atoms with Gasteiger partial charge in [0.2, 0.25) is 0 Å². The van der Waals surface area contributed by atoms with Gasteiger partial charge in [-0.25, -0.2) is 0 Å². The lowest BCUT2D eigenvalue weighted by molar-refractivity contribution is 0.387. The molecule has 114 valence electrons. The lowest BCUT2D eigenvalue weighted by Crippen LogP contribution is -2.27. The van der Waals surface area contributed by atoms with Gasteiger partial charge in [-0.15, -0.1) is 10.2 Å². The lowest BCUT2D eigenvalue weighted by Gasteiger charge is -2.19. The quantitative estimate of drug-likeness (QED) is 0.851. The normalized spacial score (nSPS) is 24.7. The predicted molar refractivity (Wildman–Crippen MR) is 88.9 cm³/mol. The molecule has 4 rings (SSSR count). The molecule has 0 amide bonds. The number of rotatable bonds is 2. The summed E-state index contributed by atoms with van der Waals surface area (Å²) >= 11 is 0. The Kier molecular flexibility index (Phi) is 3.34. The van der Waals surface area contributed by atoms with Crippen molar-refractivity contribution in [3.63, 3.8) is 0 Å². The van der Waals surface area contributed by atoms with Crippen molar-refractivity contribution in [3.05, 3.63) is 42.0 Å². The van der Waals surface area contributed by atoms with Crippen LogP contribution in [0.25, 0.3) is 11.3 Å². The Balaban J connectivity index is 1.50. The molecule has 0 saturated carbocycles. The highest BCUT2D eigenvalue weighted by molar-refractivity contribution is 5.60. The van der Waals surface area contributed by atoms with Gasteiger partial charge in [0.05, 0.1) is 5.69 Å². The summed E-state index contributed by atoms with van der Waals surface area (Å²) in [6.45, 7) is 6.77. The zero-order chi connectivity index (χ0) is 15.1. The first kappa shape index (κ1) is 13.7. The van der Waals surface area contributed by atoms with Crippen molar-refractivity contribution in [3.8, 4) is 11.3 Å². The van der Waals surface area contributed by atoms with Gasteiger partial charge < -0.3 is 9.80 Å². The van der Waals surface area contributed by atoms with E-state index in [-0.39, 0.29) is 0 Å². The van der Waals surface area contributed by atoms with E-state index in [2.05, 4.69) is 70.4 Å². The molecule has 2 saturated heterocycles. The Morgan fingerprint density at radius 2 is 1.55 bits per heavy atom. The fourth-order valence-electron chi connectivity index (χ4n) is 3.79. The number of hydrogen-bond acceptors (Lipinski definition) is 4. The number of anilines is 1. The van der Waals surface area contributed by atoms with E-state index in [4.69, 9.17) is 0 Å². The first-order chi connectivity index (χ1) is 10.7. The molecule has 0 spiro atoms. The zero-order valence-electron chi connectivity index (χ0n) is 13.2. The highest BCUT2D eigenvalue weighted by atomic mass is 15.3. The third-order valence-corrected chi connectivity index (χ3v) is 4.99. The molecule has 22 heavy (non-hydrogen) atoms. The van der Waals surface area contributed by atoms with E-state index in [1.807, 2.05) is 0 Å². The largest absolute Gasteiger partial charge is 0.354 e. The molecule has 4 heteroatoms. The van der Waals surface area contributed by atoms with E-state index < -0.39 is 0 Å². The minimum absolute atomic E-state index is 0.795. The van der Waals surface area contributed by atoms with Crippen LogP contribution in [-0.2, 0) is 0 Å². The third kappa shape index (κ3) is 2.48. The van der Waals surface area contributed by atoms with Crippen LogP contribution in [0.1, 0.15) is 5.56 Å². The van der Waals surface area contributed by atoms with Crippen LogP contribution in [0.5, 0.6) is 0 Å². The van der Waals surface area contributed by atoms with Gasteiger partial charge in [0, 0.05) is 31.7 Å². The molecule has 0 N–H and O–H groups in total. The van der Waals surface area contributed by atoms with E-state index in [0.717, 1.165) is 42.0 Å². The lowest BCUT2D eigenvalue weighted by atomic mass is 10.0. The average Bonchev–Trinajstić information content (AvgIpc) is 3.05. The van der Waals surface area contributed by atoms with E-state index in [0.29, 0.717) is 0 Å². The van der Waals surface area contributed by atoms with E-state index in [9.17, 15) is 0 Å². The van der Waals surface area contributed by atoms with Gasteiger partial charge in [-0.3, -0.25) is 0 Å². The summed E-state index contributed by atoms with van der Waals surface area (Å²) in [5.74, 6) is 2.61. The van der Waals surface area contributed by atoms with Crippen molar-refractivity contribution in [1.82, 2.24) is 15.1 Å². The Morgan fingerprint density at radius 3 is 2.14 bits per heavy atom. The molecule has 4 nitrogen and oxygen atoms in total. The molecule has 2 atom stereocenters. The van der Waals surface area contributed by atoms with E-state index >= 15 is 0 Å². The molecule has 0 aliphatic carbocycles. The molecule has 0 bridgehead atoms. The van der Waals surface area contributed by atoms with Crippen LogP contribution < -0.4 is 4.90 Å². The second-order valence-electron chi connectivity index (χ2n) is 6.79. The standard InChI is InChI=1S/C18H22N4/c1-13-3-5-14(6-4-13)17-7-8-18(20-19-17)22-11-15-9-21(2)10-16(15)12-22/h3-8,15-16H,9-12H2,1-2H3/t15-,16+. The van der Waals surface area contributed by atoms with Crippen molar-refractivity contribution in [1.29, 1.82) is 0 Å². The molecular weight excluding hydrogens is 272 g/mol. The summed E-state index contributed by atoms with van der Waals surface area (Å²) < 4.78 is 0. The summed E-state index contributed by atoms with van der Waals surface area (Å²) in [6.07, 6.45) is 0. The Labute approximate surface area is 131 Å². The van der Waals surface area contributed by atoms with Gasteiger partial charge in [-0.1, -0.05) is 29.8 Å². The monoisotopic (exact) mass is 294 g/mol. The fraction of sp³-hybridized carbons (Fsp3) is 0.444. The van der Waals surface area contributed by atoms with Crippen LogP contribution in [-0.4, -0.2) is 48.3 Å². The molecule has 0 radical (unpaired) electrons. The minimum Gasteiger partial charge on any atom is -0.354 e. The maximum absolute atomic E-state index is 4.47. The topological polar surface area (TPSA) is 32.3 Å². The van der Waals surface area contributed by atoms with Gasteiger partial charge in [0.25, 0.3) is 0 Å². The van der Waals surface area contributed by atoms with Crippen molar-refractivity contribution >= 4 is 5.82 Å². The van der Waals surface area contributed by atoms with Crippen LogP contribution in [0.4, 0.5) is 5.82 Å². The van der Waals surface area contributed by atoms with Crippen LogP contribution >= 0.6 is 0 Å². The first-order valence-corrected chi connectivity index (χ1v) is 8.03. The molecule has 3 heterocycles. The SMILES string of the molecule is Cc1ccc(-c2ccc(N3C[C@H]4CN(C)C[C@H]4C3)nn2)cc1. The number of nitrogens with zero attached hydrogens (tertiary/aromatic N) is 4. The van der Waals surface area contributed by atoms with Crippen LogP contribution in [0, 0.1) is 18.8 Å². The molecule has 2 aliphatic rings. The third-order valence-electron chi connectivity index (χ3n) is 4.99. The summed E-state index contributed by atoms with van der Waals surface area (Å²) in [4.78, 5) is 4.84. The highest BCUT2D eigenvalue weighted by Gasteiger charge is 2.39. The molecule has 2 fully saturated rings. The second kappa shape index (κ2) is 5.36. The number of aromatic nitrogens is 2. The summed E-state index contributed by atoms with van der Waals surface area (Å²) in [7, 11) is 2.22. The van der Waals surface area contributed by atoms with Crippen molar-refractivity contribution in [2.75, 3.05) is 38.1 Å². The fourth-order valence-corrected chi connectivity index (χ4v) is 3.79. The van der Waals surface area contributed by atoms with Gasteiger partial charge >= 0.3 is 0 Å². The molecule has 1 aromatic heterocycles. The highest BCUT2D eigenvalue weighted by Crippen LogP contribution is 2.32. The summed E-state index contributed by atoms with van der Waals surface area (Å²) in [6, 6.07) is 12.6. The van der Waals surface area contributed by atoms with Crippen molar-refractivity contribution < 1.29 is 0 Å². The average molecular weight is 294 g/mol. The van der Waals surface area contributed by atoms with Crippen molar-refractivity contribution in [2.24, 2.45) is 11.8 Å². The number of likely N-dealkylation sites (tertiary alicyclic amines) is 1. The van der Waals surface area contributed by atoms with Gasteiger partial charge in [-0.05, 0) is 37.9 Å². The maximum atomic E-state index is 4.47. The van der Waals surface area contributed by atoms with Gasteiger partial charge in [0.15, 0.2) is 5.82 Å². The molecule has 0 unspecified atom stereocenters. The zero-order valence-corrected chi connectivity index (χ0v) is 13.2. The Bertz CT molecular complexity index is 636. The molecule has 1 aromatic carbocycles. The molecule has 2 aromatic rings. The van der Waals surface area contributed by atoms with Crippen molar-refractivity contribution in [2.45, 2.75) is 6.92 Å². The molecular formula is C18H22N4. The second-order valence-corrected chi connectivity index (χ2v) is 6.79. The maximum Gasteiger partial charge on any atom is 0.151 e. The van der Waals surface area contributed by atoms with Crippen LogP contribution in [0.2, 0.25) is 0 Å². The minimum atomic E-state index is 0.795. The summed E-state index contributed by atoms with van der Waals surface area (Å²) in [5.41, 5.74) is 3.34. The van der Waals surface area contributed by atoms with Gasteiger partial charge in [-0.2, -0.15) is 0 Å². The Hall–Kier alpha value is -1.94. The molecule has 2 aliphatic heterocycles. The number of aryl methyl sites for hydroxylation is 1. The predicted octanol–water partition coefficient (Wildman–Crippen LogP) is 2.45. The first-order valence-electron chi connectivity index (χ1n) is 8.03. The van der Waals surface area contributed by atoms with Crippen LogP contribution in [0.3, 0.4) is 0 Å². The Morgan fingerprint density at radius 1 is 0.864 bits per heavy atom. The van der Waals surface area contributed by atoms with Gasteiger partial charge in [0.1, 0.15) is 0 Å². The number of fused-ring (bicyclic) bond motifs is 1. The van der Waals surface area contributed by atoms with E-state index in [1.54, 1.807) is 0 Å². The van der Waals surface area contributed by atoms with Crippen LogP contribution in [0.15, 0.2) is 36.4 Å². The summed E-state index contributed by atoms with van der Waals surface area (Å²) in [5, 5.41) is 8.90. The number of benzene rings is 1.